The summed E-state index contributed by atoms with van der Waals surface area (Å²) in [6, 6.07) is 0.405. The molecule has 4 nitrogen and oxygen atoms in total. The van der Waals surface area contributed by atoms with Crippen LogP contribution in [0, 0.1) is 5.92 Å². The summed E-state index contributed by atoms with van der Waals surface area (Å²) in [7, 11) is 1.67. The van der Waals surface area contributed by atoms with E-state index in [4.69, 9.17) is 4.74 Å². The van der Waals surface area contributed by atoms with Crippen molar-refractivity contribution in [2.45, 2.75) is 46.1 Å². The van der Waals surface area contributed by atoms with Gasteiger partial charge in [0, 0.05) is 26.3 Å². The third-order valence-electron chi connectivity index (χ3n) is 2.64. The highest BCUT2D eigenvalue weighted by atomic mass is 16.5. The van der Waals surface area contributed by atoms with E-state index in [1.807, 2.05) is 0 Å². The summed E-state index contributed by atoms with van der Waals surface area (Å²) in [6.45, 7) is 8.35. The number of nitrogens with one attached hydrogen (secondary N) is 2. The molecule has 0 aromatic carbocycles. The molecule has 17 heavy (non-hydrogen) atoms. The molecular formula is C13H28N2O2. The van der Waals surface area contributed by atoms with Crippen LogP contribution in [0.15, 0.2) is 0 Å². The molecule has 0 aliphatic heterocycles. The van der Waals surface area contributed by atoms with E-state index in [1.165, 1.54) is 6.42 Å². The molecule has 0 aromatic heterocycles. The summed E-state index contributed by atoms with van der Waals surface area (Å²) in [5.74, 6) is 0.791. The van der Waals surface area contributed by atoms with Gasteiger partial charge in [-0.1, -0.05) is 13.8 Å². The molecule has 0 bridgehead atoms. The van der Waals surface area contributed by atoms with Crippen LogP contribution in [0.1, 0.15) is 40.0 Å². The molecule has 0 fully saturated rings. The molecule has 0 radical (unpaired) electrons. The SMILES string of the molecule is COCCCNC(=O)CNC(C)CCC(C)C. The van der Waals surface area contributed by atoms with Gasteiger partial charge >= 0.3 is 0 Å². The van der Waals surface area contributed by atoms with Gasteiger partial charge in [-0.15, -0.1) is 0 Å². The first-order chi connectivity index (χ1) is 8.06. The molecule has 0 saturated heterocycles. The van der Waals surface area contributed by atoms with E-state index in [0.29, 0.717) is 25.7 Å². The number of carbonyl (C=O) groups excluding carboxylic acids is 1. The smallest absolute Gasteiger partial charge is 0.233 e. The van der Waals surface area contributed by atoms with Gasteiger partial charge < -0.3 is 15.4 Å². The first-order valence-electron chi connectivity index (χ1n) is 6.55. The first kappa shape index (κ1) is 16.4. The summed E-state index contributed by atoms with van der Waals surface area (Å²) in [5, 5.41) is 6.09. The number of rotatable bonds is 10. The van der Waals surface area contributed by atoms with Crippen LogP contribution in [0.3, 0.4) is 0 Å². The van der Waals surface area contributed by atoms with E-state index < -0.39 is 0 Å². The second-order valence-electron chi connectivity index (χ2n) is 4.95. The van der Waals surface area contributed by atoms with Gasteiger partial charge in [-0.25, -0.2) is 0 Å². The molecule has 0 spiro atoms. The summed E-state index contributed by atoms with van der Waals surface area (Å²) in [5.41, 5.74) is 0. The fourth-order valence-corrected chi connectivity index (χ4v) is 1.46. The maximum absolute atomic E-state index is 11.4. The quantitative estimate of drug-likeness (QED) is 0.573. The third-order valence-corrected chi connectivity index (χ3v) is 2.64. The number of carbonyl (C=O) groups is 1. The number of hydrogen-bond donors (Lipinski definition) is 2. The van der Waals surface area contributed by atoms with Crippen molar-refractivity contribution in [1.82, 2.24) is 10.6 Å². The lowest BCUT2D eigenvalue weighted by molar-refractivity contribution is -0.120. The van der Waals surface area contributed by atoms with Crippen LogP contribution in [-0.4, -0.2) is 38.8 Å². The van der Waals surface area contributed by atoms with Crippen LogP contribution in [0.4, 0.5) is 0 Å². The van der Waals surface area contributed by atoms with Gasteiger partial charge in [0.05, 0.1) is 6.54 Å². The Morgan fingerprint density at radius 1 is 1.24 bits per heavy atom. The Balaban J connectivity index is 3.42. The molecule has 102 valence electrons. The minimum atomic E-state index is 0.0671. The first-order valence-corrected chi connectivity index (χ1v) is 6.55. The van der Waals surface area contributed by atoms with Crippen molar-refractivity contribution in [2.24, 2.45) is 5.92 Å². The normalized spacial score (nSPS) is 12.8. The van der Waals surface area contributed by atoms with Crippen LogP contribution < -0.4 is 10.6 Å². The molecule has 0 saturated carbocycles. The van der Waals surface area contributed by atoms with Gasteiger partial charge in [0.2, 0.25) is 5.91 Å². The maximum atomic E-state index is 11.4. The minimum absolute atomic E-state index is 0.0671. The van der Waals surface area contributed by atoms with Crippen molar-refractivity contribution >= 4 is 5.91 Å². The van der Waals surface area contributed by atoms with E-state index in [1.54, 1.807) is 7.11 Å². The lowest BCUT2D eigenvalue weighted by Crippen LogP contribution is -2.38. The summed E-state index contributed by atoms with van der Waals surface area (Å²) < 4.78 is 4.91. The van der Waals surface area contributed by atoms with E-state index >= 15 is 0 Å². The highest BCUT2D eigenvalue weighted by Crippen LogP contribution is 2.05. The van der Waals surface area contributed by atoms with Crippen molar-refractivity contribution < 1.29 is 9.53 Å². The van der Waals surface area contributed by atoms with E-state index in [2.05, 4.69) is 31.4 Å². The zero-order valence-electron chi connectivity index (χ0n) is 11.7. The van der Waals surface area contributed by atoms with Gasteiger partial charge in [-0.3, -0.25) is 4.79 Å². The predicted octanol–water partition coefficient (Wildman–Crippen LogP) is 1.55. The molecule has 0 heterocycles. The molecule has 1 unspecified atom stereocenters. The summed E-state index contributed by atoms with van der Waals surface area (Å²) in [6.07, 6.45) is 3.18. The Hall–Kier alpha value is -0.610. The van der Waals surface area contributed by atoms with Crippen LogP contribution in [0.5, 0.6) is 0 Å². The van der Waals surface area contributed by atoms with Crippen molar-refractivity contribution in [3.63, 3.8) is 0 Å². The monoisotopic (exact) mass is 244 g/mol. The number of methoxy groups -OCH3 is 1. The third kappa shape index (κ3) is 11.6. The largest absolute Gasteiger partial charge is 0.385 e. The lowest BCUT2D eigenvalue weighted by Gasteiger charge is -2.14. The number of ether oxygens (including phenoxy) is 1. The van der Waals surface area contributed by atoms with Crippen molar-refractivity contribution in [1.29, 1.82) is 0 Å². The predicted molar refractivity (Wildman–Crippen MR) is 71.0 cm³/mol. The molecular weight excluding hydrogens is 216 g/mol. The zero-order chi connectivity index (χ0) is 13.1. The van der Waals surface area contributed by atoms with Gasteiger partial charge in [-0.2, -0.15) is 0 Å². The zero-order valence-corrected chi connectivity index (χ0v) is 11.7. The van der Waals surface area contributed by atoms with E-state index in [9.17, 15) is 4.79 Å². The average molecular weight is 244 g/mol. The second kappa shape index (κ2) is 10.5. The standard InChI is InChI=1S/C13H28N2O2/c1-11(2)6-7-12(3)15-10-13(16)14-8-5-9-17-4/h11-12,15H,5-10H2,1-4H3,(H,14,16). The minimum Gasteiger partial charge on any atom is -0.385 e. The van der Waals surface area contributed by atoms with Crippen molar-refractivity contribution in [2.75, 3.05) is 26.8 Å². The Morgan fingerprint density at radius 3 is 2.53 bits per heavy atom. The lowest BCUT2D eigenvalue weighted by atomic mass is 10.0. The van der Waals surface area contributed by atoms with E-state index in [-0.39, 0.29) is 5.91 Å². The Morgan fingerprint density at radius 2 is 1.94 bits per heavy atom. The maximum Gasteiger partial charge on any atom is 0.233 e. The Bertz CT molecular complexity index is 196. The van der Waals surface area contributed by atoms with Gasteiger partial charge in [0.1, 0.15) is 0 Å². The van der Waals surface area contributed by atoms with E-state index in [0.717, 1.165) is 18.8 Å². The summed E-state index contributed by atoms with van der Waals surface area (Å²) in [4.78, 5) is 11.4. The fraction of sp³-hybridized carbons (Fsp3) is 0.923. The number of hydrogen-bond acceptors (Lipinski definition) is 3. The van der Waals surface area contributed by atoms with Crippen LogP contribution >= 0.6 is 0 Å². The molecule has 0 rings (SSSR count). The highest BCUT2D eigenvalue weighted by Gasteiger charge is 2.05. The van der Waals surface area contributed by atoms with Crippen molar-refractivity contribution in [3.05, 3.63) is 0 Å². The van der Waals surface area contributed by atoms with Crippen LogP contribution in [-0.2, 0) is 9.53 Å². The van der Waals surface area contributed by atoms with Gasteiger partial charge in [0.25, 0.3) is 0 Å². The van der Waals surface area contributed by atoms with Crippen LogP contribution in [0.25, 0.3) is 0 Å². The van der Waals surface area contributed by atoms with Gasteiger partial charge in [0.15, 0.2) is 0 Å². The Kier molecular flexibility index (Phi) is 10.2. The molecule has 0 aliphatic rings. The molecule has 0 aliphatic carbocycles. The second-order valence-corrected chi connectivity index (χ2v) is 4.95. The molecule has 1 amide bonds. The molecule has 0 aromatic rings. The van der Waals surface area contributed by atoms with Gasteiger partial charge in [-0.05, 0) is 32.1 Å². The Labute approximate surface area is 105 Å². The topological polar surface area (TPSA) is 50.4 Å². The molecule has 4 heteroatoms. The number of amides is 1. The fourth-order valence-electron chi connectivity index (χ4n) is 1.46. The molecule has 2 N–H and O–H groups in total. The highest BCUT2D eigenvalue weighted by molar-refractivity contribution is 5.77. The average Bonchev–Trinajstić information content (AvgIpc) is 2.29. The van der Waals surface area contributed by atoms with Crippen molar-refractivity contribution in [3.8, 4) is 0 Å². The molecule has 1 atom stereocenters. The summed E-state index contributed by atoms with van der Waals surface area (Å²) >= 11 is 0. The van der Waals surface area contributed by atoms with Crippen LogP contribution in [0.2, 0.25) is 0 Å².